The topological polar surface area (TPSA) is 72.9 Å². The monoisotopic (exact) mass is 509 g/mol. The van der Waals surface area contributed by atoms with E-state index < -0.39 is 46.1 Å². The summed E-state index contributed by atoms with van der Waals surface area (Å²) in [7, 11) is 0. The Kier molecular flexibility index (Phi) is 5.76. The fourth-order valence-corrected chi connectivity index (χ4v) is 4.49. The highest BCUT2D eigenvalue weighted by Gasteiger charge is 2.52. The number of nitrogens with one attached hydrogen (secondary N) is 1. The first-order chi connectivity index (χ1) is 15.1. The molecule has 2 aliphatic rings. The minimum absolute atomic E-state index is 0.0762. The number of halogens is 4. The van der Waals surface area contributed by atoms with E-state index in [2.05, 4.69) is 21.2 Å². The maximum absolute atomic E-state index is 14.3. The second kappa shape index (κ2) is 8.25. The Morgan fingerprint density at radius 1 is 1.22 bits per heavy atom. The van der Waals surface area contributed by atoms with Gasteiger partial charge >= 0.3 is 0 Å². The summed E-state index contributed by atoms with van der Waals surface area (Å²) in [6.07, 6.45) is 1.03. The summed E-state index contributed by atoms with van der Waals surface area (Å²) in [6, 6.07) is 7.59. The van der Waals surface area contributed by atoms with Crippen molar-refractivity contribution < 1.29 is 27.9 Å². The van der Waals surface area contributed by atoms with Crippen LogP contribution in [0.1, 0.15) is 25.3 Å². The molecule has 2 heterocycles. The van der Waals surface area contributed by atoms with Crippen LogP contribution in [0.5, 0.6) is 0 Å². The lowest BCUT2D eigenvalue weighted by Gasteiger charge is -2.46. The number of hydrogen-bond donors (Lipinski definition) is 2. The summed E-state index contributed by atoms with van der Waals surface area (Å²) in [5, 5.41) is 15.9. The van der Waals surface area contributed by atoms with E-state index in [1.54, 1.807) is 11.9 Å². The number of aliphatic hydroxyl groups excluding tert-OH is 1. The van der Waals surface area contributed by atoms with Crippen molar-refractivity contribution in [2.24, 2.45) is 0 Å². The van der Waals surface area contributed by atoms with Gasteiger partial charge in [-0.15, -0.1) is 0 Å². The van der Waals surface area contributed by atoms with Gasteiger partial charge in [-0.3, -0.25) is 14.6 Å². The van der Waals surface area contributed by atoms with E-state index in [4.69, 9.17) is 0 Å². The summed E-state index contributed by atoms with van der Waals surface area (Å²) in [5.41, 5.74) is -1.91. The number of carbonyl (C=O) groups is 2. The van der Waals surface area contributed by atoms with E-state index in [1.807, 2.05) is 0 Å². The van der Waals surface area contributed by atoms with Gasteiger partial charge < -0.3 is 10.4 Å². The molecule has 0 spiro atoms. The van der Waals surface area contributed by atoms with Crippen LogP contribution in [0.4, 0.5) is 18.9 Å². The largest absolute Gasteiger partial charge is 0.509 e. The van der Waals surface area contributed by atoms with Crippen LogP contribution in [-0.2, 0) is 16.1 Å². The van der Waals surface area contributed by atoms with E-state index in [1.165, 1.54) is 24.3 Å². The minimum Gasteiger partial charge on any atom is -0.509 e. The van der Waals surface area contributed by atoms with Crippen molar-refractivity contribution in [3.8, 4) is 0 Å². The van der Waals surface area contributed by atoms with Crippen molar-refractivity contribution in [2.45, 2.75) is 31.8 Å². The van der Waals surface area contributed by atoms with Crippen LogP contribution in [0, 0.1) is 17.5 Å². The number of hydrogen-bond acceptors (Lipinski definition) is 4. The smallest absolute Gasteiger partial charge is 0.277 e. The number of nitrogens with zero attached hydrogens (tertiary/aromatic N) is 2. The lowest BCUT2D eigenvalue weighted by Crippen LogP contribution is -2.60. The number of hydrazine groups is 1. The molecule has 0 unspecified atom stereocenters. The standard InChI is InChI=1S/C22H19BrF3N3O3/c1-22-8-3-9-29(22)28(11-12-4-2-5-14(24)18(12)26)21(32)17(19(22)30)20(31)27-16-7-6-13(23)10-15(16)25/h2,4-7,10,30H,3,8-9,11H2,1H3,(H,27,31)/t22-/m1/s1. The maximum atomic E-state index is 14.3. The second-order valence-electron chi connectivity index (χ2n) is 7.88. The zero-order valence-electron chi connectivity index (χ0n) is 17.0. The van der Waals surface area contributed by atoms with Crippen molar-refractivity contribution in [3.05, 3.63) is 75.2 Å². The molecule has 1 saturated heterocycles. The molecule has 0 aliphatic carbocycles. The molecule has 6 nitrogen and oxygen atoms in total. The molecule has 2 aromatic carbocycles. The molecule has 2 aliphatic heterocycles. The van der Waals surface area contributed by atoms with Crippen LogP contribution < -0.4 is 5.32 Å². The van der Waals surface area contributed by atoms with E-state index in [0.717, 1.165) is 17.1 Å². The Hall–Kier alpha value is -2.85. The molecule has 2 N–H and O–H groups in total. The van der Waals surface area contributed by atoms with Gasteiger partial charge in [0.2, 0.25) is 0 Å². The van der Waals surface area contributed by atoms with Crippen molar-refractivity contribution in [3.63, 3.8) is 0 Å². The molecule has 2 aromatic rings. The molecule has 0 aromatic heterocycles. The van der Waals surface area contributed by atoms with E-state index in [-0.39, 0.29) is 17.8 Å². The average Bonchev–Trinajstić information content (AvgIpc) is 3.14. The third kappa shape index (κ3) is 3.67. The summed E-state index contributed by atoms with van der Waals surface area (Å²) < 4.78 is 42.7. The van der Waals surface area contributed by atoms with Crippen molar-refractivity contribution in [1.82, 2.24) is 10.0 Å². The van der Waals surface area contributed by atoms with Gasteiger partial charge in [-0.25, -0.2) is 18.2 Å². The number of rotatable bonds is 4. The van der Waals surface area contributed by atoms with Gasteiger partial charge in [-0.05, 0) is 44.0 Å². The molecule has 10 heteroatoms. The van der Waals surface area contributed by atoms with E-state index in [0.29, 0.717) is 23.9 Å². The molecule has 1 fully saturated rings. The molecular formula is C22H19BrF3N3O3. The van der Waals surface area contributed by atoms with Crippen molar-refractivity contribution >= 4 is 33.4 Å². The quantitative estimate of drug-likeness (QED) is 0.598. The maximum Gasteiger partial charge on any atom is 0.277 e. The molecule has 1 atom stereocenters. The highest BCUT2D eigenvalue weighted by atomic mass is 79.9. The Bertz CT molecular complexity index is 1160. The summed E-state index contributed by atoms with van der Waals surface area (Å²) in [6.45, 7) is 1.69. The third-order valence-electron chi connectivity index (χ3n) is 5.85. The third-order valence-corrected chi connectivity index (χ3v) is 6.34. The van der Waals surface area contributed by atoms with Gasteiger partial charge in [0.15, 0.2) is 11.6 Å². The molecule has 32 heavy (non-hydrogen) atoms. The van der Waals surface area contributed by atoms with Crippen LogP contribution in [0.25, 0.3) is 0 Å². The fourth-order valence-electron chi connectivity index (χ4n) is 4.16. The van der Waals surface area contributed by atoms with Crippen LogP contribution in [0.3, 0.4) is 0 Å². The predicted molar refractivity (Wildman–Crippen MR) is 114 cm³/mol. The SMILES string of the molecule is C[C@]12CCCN1N(Cc1cccc(F)c1F)C(=O)C(C(=O)Nc1ccc(Br)cc1F)=C2O. The van der Waals surface area contributed by atoms with Gasteiger partial charge in [0.05, 0.1) is 17.8 Å². The first-order valence-electron chi connectivity index (χ1n) is 9.86. The number of aliphatic hydroxyl groups is 1. The van der Waals surface area contributed by atoms with Crippen LogP contribution in [0.2, 0.25) is 0 Å². The summed E-state index contributed by atoms with van der Waals surface area (Å²) >= 11 is 3.12. The molecular weight excluding hydrogens is 491 g/mol. The Morgan fingerprint density at radius 3 is 2.69 bits per heavy atom. The number of carbonyl (C=O) groups excluding carboxylic acids is 2. The highest BCUT2D eigenvalue weighted by molar-refractivity contribution is 9.10. The predicted octanol–water partition coefficient (Wildman–Crippen LogP) is 4.43. The lowest BCUT2D eigenvalue weighted by molar-refractivity contribution is -0.160. The number of amides is 2. The van der Waals surface area contributed by atoms with Gasteiger partial charge in [0.1, 0.15) is 17.1 Å². The highest BCUT2D eigenvalue weighted by Crippen LogP contribution is 2.42. The Labute approximate surface area is 190 Å². The summed E-state index contributed by atoms with van der Waals surface area (Å²) in [4.78, 5) is 26.2. The average molecular weight is 510 g/mol. The van der Waals surface area contributed by atoms with Crippen LogP contribution in [-0.4, -0.2) is 39.0 Å². The summed E-state index contributed by atoms with van der Waals surface area (Å²) in [5.74, 6) is -5.21. The van der Waals surface area contributed by atoms with Gasteiger partial charge in [0.25, 0.3) is 11.8 Å². The van der Waals surface area contributed by atoms with Gasteiger partial charge in [-0.1, -0.05) is 28.1 Å². The molecule has 4 rings (SSSR count). The second-order valence-corrected chi connectivity index (χ2v) is 8.79. The molecule has 0 radical (unpaired) electrons. The van der Waals surface area contributed by atoms with E-state index in [9.17, 15) is 27.9 Å². The van der Waals surface area contributed by atoms with Crippen LogP contribution >= 0.6 is 15.9 Å². The Balaban J connectivity index is 1.72. The molecule has 2 amide bonds. The molecule has 0 bridgehead atoms. The molecule has 0 saturated carbocycles. The number of benzene rings is 2. The fraction of sp³-hybridized carbons (Fsp3) is 0.273. The van der Waals surface area contributed by atoms with Crippen molar-refractivity contribution in [2.75, 3.05) is 11.9 Å². The van der Waals surface area contributed by atoms with Crippen molar-refractivity contribution in [1.29, 1.82) is 0 Å². The van der Waals surface area contributed by atoms with E-state index >= 15 is 0 Å². The first-order valence-corrected chi connectivity index (χ1v) is 10.6. The Morgan fingerprint density at radius 2 is 1.97 bits per heavy atom. The lowest BCUT2D eigenvalue weighted by atomic mass is 9.90. The number of fused-ring (bicyclic) bond motifs is 1. The zero-order chi connectivity index (χ0) is 23.2. The van der Waals surface area contributed by atoms with Gasteiger partial charge in [0, 0.05) is 16.6 Å². The number of anilines is 1. The minimum atomic E-state index is -1.09. The van der Waals surface area contributed by atoms with Crippen LogP contribution in [0.15, 0.2) is 52.2 Å². The van der Waals surface area contributed by atoms with Gasteiger partial charge in [-0.2, -0.15) is 0 Å². The molecule has 168 valence electrons. The normalized spacial score (nSPS) is 21.2. The zero-order valence-corrected chi connectivity index (χ0v) is 18.5. The first kappa shape index (κ1) is 22.3.